The number of non-ortho nitro benzene ring substituents is 1. The predicted octanol–water partition coefficient (Wildman–Crippen LogP) is 3.26. The zero-order chi connectivity index (χ0) is 24.8. The van der Waals surface area contributed by atoms with E-state index in [-0.39, 0.29) is 24.4 Å². The fraction of sp³-hybridized carbons (Fsp3) is 0.182. The lowest BCUT2D eigenvalue weighted by Crippen LogP contribution is -2.33. The molecule has 34 heavy (non-hydrogen) atoms. The number of halogens is 1. The highest BCUT2D eigenvalue weighted by molar-refractivity contribution is 9.10. The number of nitro benzene ring substituents is 1. The van der Waals surface area contributed by atoms with Crippen LogP contribution in [0.3, 0.4) is 0 Å². The van der Waals surface area contributed by atoms with Gasteiger partial charge in [0, 0.05) is 40.5 Å². The molecule has 3 rings (SSSR count). The standard InChI is InChI=1S/C22H18BrN5O6/c1-13-7-14(12-33-2)18(9-24)22(30)27(13)11-21(29)26-25-10-16-4-6-20(34-16)17-5-3-15(28(31)32)8-19(17)23/h3-8,10H,11-12H2,1-2H3,(H,26,29)/b25-10-. The van der Waals surface area contributed by atoms with Crippen molar-refractivity contribution >= 4 is 33.7 Å². The van der Waals surface area contributed by atoms with E-state index in [9.17, 15) is 25.0 Å². The van der Waals surface area contributed by atoms with Crippen molar-refractivity contribution in [3.05, 3.63) is 83.9 Å². The molecule has 0 bridgehead atoms. The van der Waals surface area contributed by atoms with Gasteiger partial charge >= 0.3 is 0 Å². The minimum absolute atomic E-state index is 0.0590. The third-order valence-electron chi connectivity index (χ3n) is 4.74. The van der Waals surface area contributed by atoms with E-state index in [0.717, 1.165) is 0 Å². The Morgan fingerprint density at radius 2 is 2.15 bits per heavy atom. The van der Waals surface area contributed by atoms with Crippen LogP contribution in [0.5, 0.6) is 0 Å². The third kappa shape index (κ3) is 5.45. The fourth-order valence-corrected chi connectivity index (χ4v) is 3.71. The second-order valence-corrected chi connectivity index (χ2v) is 7.89. The maximum absolute atomic E-state index is 12.6. The topological polar surface area (TPSA) is 153 Å². The first kappa shape index (κ1) is 24.6. The average molecular weight is 528 g/mol. The van der Waals surface area contributed by atoms with E-state index in [4.69, 9.17) is 9.15 Å². The molecule has 3 aromatic rings. The number of amides is 1. The molecule has 0 aliphatic heterocycles. The van der Waals surface area contributed by atoms with Crippen LogP contribution in [0.15, 0.2) is 55.2 Å². The van der Waals surface area contributed by atoms with Gasteiger partial charge in [0.15, 0.2) is 0 Å². The van der Waals surface area contributed by atoms with Gasteiger partial charge in [-0.2, -0.15) is 10.4 Å². The second kappa shape index (κ2) is 10.7. The number of hydrazone groups is 1. The molecule has 1 N–H and O–H groups in total. The molecule has 0 radical (unpaired) electrons. The number of methoxy groups -OCH3 is 1. The van der Waals surface area contributed by atoms with Gasteiger partial charge in [-0.25, -0.2) is 5.43 Å². The van der Waals surface area contributed by atoms with Crippen molar-refractivity contribution in [2.75, 3.05) is 7.11 Å². The van der Waals surface area contributed by atoms with Crippen LogP contribution in [0, 0.1) is 28.4 Å². The molecular formula is C22H18BrN5O6. The molecule has 0 spiro atoms. The molecule has 2 heterocycles. The fourth-order valence-electron chi connectivity index (χ4n) is 3.15. The van der Waals surface area contributed by atoms with Crippen LogP contribution in [-0.4, -0.2) is 28.7 Å². The Labute approximate surface area is 201 Å². The lowest BCUT2D eigenvalue weighted by atomic mass is 10.1. The predicted molar refractivity (Wildman–Crippen MR) is 125 cm³/mol. The van der Waals surface area contributed by atoms with Gasteiger partial charge in [0.05, 0.1) is 17.7 Å². The van der Waals surface area contributed by atoms with Crippen molar-refractivity contribution in [2.45, 2.75) is 20.1 Å². The number of benzene rings is 1. The first-order valence-corrected chi connectivity index (χ1v) is 10.5. The van der Waals surface area contributed by atoms with E-state index in [1.165, 1.54) is 30.0 Å². The Morgan fingerprint density at radius 1 is 1.38 bits per heavy atom. The number of nitriles is 1. The van der Waals surface area contributed by atoms with Crippen LogP contribution in [-0.2, 0) is 22.7 Å². The van der Waals surface area contributed by atoms with Crippen molar-refractivity contribution in [3.8, 4) is 17.4 Å². The Kier molecular flexibility index (Phi) is 7.72. The summed E-state index contributed by atoms with van der Waals surface area (Å²) in [5.41, 5.74) is 3.15. The van der Waals surface area contributed by atoms with Crippen LogP contribution in [0.2, 0.25) is 0 Å². The van der Waals surface area contributed by atoms with Crippen molar-refractivity contribution < 1.29 is 18.9 Å². The summed E-state index contributed by atoms with van der Waals surface area (Å²) < 4.78 is 12.3. The number of hydrogen-bond acceptors (Lipinski definition) is 8. The molecule has 0 unspecified atom stereocenters. The quantitative estimate of drug-likeness (QED) is 0.268. The van der Waals surface area contributed by atoms with Crippen LogP contribution in [0.1, 0.15) is 22.6 Å². The number of rotatable bonds is 8. The molecular weight excluding hydrogens is 510 g/mol. The molecule has 0 aliphatic carbocycles. The minimum atomic E-state index is -0.585. The average Bonchev–Trinajstić information content (AvgIpc) is 3.25. The number of nitro groups is 1. The molecule has 0 saturated heterocycles. The Balaban J connectivity index is 1.69. The SMILES string of the molecule is COCc1cc(C)n(CC(=O)N/N=C\c2ccc(-c3ccc([N+](=O)[O-])cc3Br)o2)c(=O)c1C#N. The van der Waals surface area contributed by atoms with Crippen molar-refractivity contribution in [1.29, 1.82) is 5.26 Å². The normalized spacial score (nSPS) is 10.9. The van der Waals surface area contributed by atoms with Crippen molar-refractivity contribution in [2.24, 2.45) is 5.10 Å². The van der Waals surface area contributed by atoms with Crippen molar-refractivity contribution in [3.63, 3.8) is 0 Å². The summed E-state index contributed by atoms with van der Waals surface area (Å²) in [4.78, 5) is 35.3. The first-order valence-electron chi connectivity index (χ1n) is 9.73. The second-order valence-electron chi connectivity index (χ2n) is 7.04. The van der Waals surface area contributed by atoms with Gasteiger partial charge in [0.1, 0.15) is 29.7 Å². The van der Waals surface area contributed by atoms with E-state index >= 15 is 0 Å². The number of hydrogen-bond donors (Lipinski definition) is 1. The van der Waals surface area contributed by atoms with Gasteiger partial charge in [0.25, 0.3) is 17.2 Å². The van der Waals surface area contributed by atoms with E-state index < -0.39 is 16.4 Å². The third-order valence-corrected chi connectivity index (χ3v) is 5.40. The summed E-state index contributed by atoms with van der Waals surface area (Å²) in [5.74, 6) is 0.191. The number of carbonyl (C=O) groups is 1. The first-order chi connectivity index (χ1) is 16.2. The summed E-state index contributed by atoms with van der Waals surface area (Å²) >= 11 is 3.29. The molecule has 0 aliphatic rings. The lowest BCUT2D eigenvalue weighted by molar-refractivity contribution is -0.384. The highest BCUT2D eigenvalue weighted by Crippen LogP contribution is 2.32. The summed E-state index contributed by atoms with van der Waals surface area (Å²) in [5, 5.41) is 24.0. The van der Waals surface area contributed by atoms with Gasteiger partial charge < -0.3 is 13.7 Å². The van der Waals surface area contributed by atoms with Crippen LogP contribution in [0.4, 0.5) is 5.69 Å². The molecule has 0 saturated carbocycles. The van der Waals surface area contributed by atoms with E-state index in [1.54, 1.807) is 31.2 Å². The number of ether oxygens (including phenoxy) is 1. The van der Waals surface area contributed by atoms with Crippen LogP contribution < -0.4 is 11.0 Å². The maximum atomic E-state index is 12.6. The summed E-state index contributed by atoms with van der Waals surface area (Å²) in [6.07, 6.45) is 1.28. The molecule has 0 fully saturated rings. The monoisotopic (exact) mass is 527 g/mol. The van der Waals surface area contributed by atoms with Crippen molar-refractivity contribution in [1.82, 2.24) is 9.99 Å². The zero-order valence-corrected chi connectivity index (χ0v) is 19.7. The molecule has 1 amide bonds. The van der Waals surface area contributed by atoms with Gasteiger partial charge in [-0.1, -0.05) is 0 Å². The molecule has 0 atom stereocenters. The minimum Gasteiger partial charge on any atom is -0.455 e. The smallest absolute Gasteiger partial charge is 0.270 e. The molecule has 12 heteroatoms. The number of nitrogens with one attached hydrogen (secondary N) is 1. The van der Waals surface area contributed by atoms with Crippen LogP contribution >= 0.6 is 15.9 Å². The van der Waals surface area contributed by atoms with Gasteiger partial charge in [-0.15, -0.1) is 0 Å². The van der Waals surface area contributed by atoms with E-state index in [0.29, 0.717) is 32.8 Å². The number of pyridine rings is 1. The molecule has 1 aromatic carbocycles. The van der Waals surface area contributed by atoms with E-state index in [2.05, 4.69) is 26.5 Å². The Morgan fingerprint density at radius 3 is 2.79 bits per heavy atom. The molecule has 2 aromatic heterocycles. The summed E-state index contributed by atoms with van der Waals surface area (Å²) in [6.45, 7) is 1.43. The zero-order valence-electron chi connectivity index (χ0n) is 18.1. The lowest BCUT2D eigenvalue weighted by Gasteiger charge is -2.12. The van der Waals surface area contributed by atoms with Gasteiger partial charge in [0.2, 0.25) is 0 Å². The summed E-state index contributed by atoms with van der Waals surface area (Å²) in [7, 11) is 1.46. The summed E-state index contributed by atoms with van der Waals surface area (Å²) in [6, 6.07) is 11.0. The highest BCUT2D eigenvalue weighted by atomic mass is 79.9. The maximum Gasteiger partial charge on any atom is 0.270 e. The van der Waals surface area contributed by atoms with Gasteiger partial charge in [-0.05, 0) is 47.1 Å². The highest BCUT2D eigenvalue weighted by Gasteiger charge is 2.15. The van der Waals surface area contributed by atoms with Crippen LogP contribution in [0.25, 0.3) is 11.3 Å². The Hall–Kier alpha value is -4.08. The van der Waals surface area contributed by atoms with Gasteiger partial charge in [-0.3, -0.25) is 19.7 Å². The number of nitrogens with zero attached hydrogens (tertiary/aromatic N) is 4. The molecule has 11 nitrogen and oxygen atoms in total. The molecule has 174 valence electrons. The largest absolute Gasteiger partial charge is 0.455 e. The number of aryl methyl sites for hydroxylation is 1. The number of furan rings is 1. The number of carbonyl (C=O) groups excluding carboxylic acids is 1. The Bertz CT molecular complexity index is 1390. The van der Waals surface area contributed by atoms with E-state index in [1.807, 2.05) is 6.07 Å². The number of aromatic nitrogens is 1.